The average molecular weight is 419 g/mol. The molecular formula is C24H23BrN2. The molecule has 1 aliphatic rings. The van der Waals surface area contributed by atoms with Gasteiger partial charge in [0.05, 0.1) is 11.8 Å². The summed E-state index contributed by atoms with van der Waals surface area (Å²) in [5.41, 5.74) is 6.10. The van der Waals surface area contributed by atoms with Crippen LogP contribution in [0, 0.1) is 0 Å². The summed E-state index contributed by atoms with van der Waals surface area (Å²) in [6.45, 7) is 4.43. The number of rotatable bonds is 4. The van der Waals surface area contributed by atoms with E-state index in [1.807, 2.05) is 0 Å². The van der Waals surface area contributed by atoms with Crippen molar-refractivity contribution in [2.75, 3.05) is 4.90 Å². The first-order valence-corrected chi connectivity index (χ1v) is 10.2. The maximum atomic E-state index is 5.18. The Morgan fingerprint density at radius 3 is 2.19 bits per heavy atom. The van der Waals surface area contributed by atoms with Gasteiger partial charge in [-0.15, -0.1) is 0 Å². The van der Waals surface area contributed by atoms with Crippen molar-refractivity contribution in [3.05, 3.63) is 100 Å². The molecule has 0 bridgehead atoms. The number of benzene rings is 3. The van der Waals surface area contributed by atoms with Gasteiger partial charge in [0.25, 0.3) is 0 Å². The van der Waals surface area contributed by atoms with Crippen molar-refractivity contribution < 1.29 is 0 Å². The molecule has 2 unspecified atom stereocenters. The predicted molar refractivity (Wildman–Crippen MR) is 118 cm³/mol. The second kappa shape index (κ2) is 7.69. The van der Waals surface area contributed by atoms with Crippen LogP contribution in [0.2, 0.25) is 0 Å². The summed E-state index contributed by atoms with van der Waals surface area (Å²) in [5, 5.41) is 0. The summed E-state index contributed by atoms with van der Waals surface area (Å²) >= 11 is 3.55. The highest BCUT2D eigenvalue weighted by Gasteiger charge is 2.35. The SMILES string of the molecule is CCc1ccc(C2N=C(c3ccccc3)C(C)N2c2ccc(Br)cc2)cc1. The third-order valence-electron chi connectivity index (χ3n) is 5.22. The molecule has 136 valence electrons. The van der Waals surface area contributed by atoms with Crippen molar-refractivity contribution in [2.45, 2.75) is 32.5 Å². The highest BCUT2D eigenvalue weighted by atomic mass is 79.9. The lowest BCUT2D eigenvalue weighted by Gasteiger charge is -2.30. The standard InChI is InChI=1S/C24H23BrN2/c1-3-18-9-11-20(12-10-18)24-26-23(19-7-5-4-6-8-19)17(2)27(24)22-15-13-21(25)14-16-22/h4-17,24H,3H2,1-2H3. The minimum atomic E-state index is -0.0118. The van der Waals surface area contributed by atoms with Gasteiger partial charge < -0.3 is 4.90 Å². The van der Waals surface area contributed by atoms with E-state index in [0.29, 0.717) is 0 Å². The van der Waals surface area contributed by atoms with Gasteiger partial charge in [-0.05, 0) is 54.3 Å². The van der Waals surface area contributed by atoms with E-state index in [9.17, 15) is 0 Å². The largest absolute Gasteiger partial charge is 0.337 e. The van der Waals surface area contributed by atoms with E-state index in [1.165, 1.54) is 22.4 Å². The second-order valence-corrected chi connectivity index (χ2v) is 7.82. The van der Waals surface area contributed by atoms with E-state index in [4.69, 9.17) is 4.99 Å². The first-order chi connectivity index (χ1) is 13.2. The molecule has 0 N–H and O–H groups in total. The van der Waals surface area contributed by atoms with Crippen LogP contribution >= 0.6 is 15.9 Å². The number of halogens is 1. The molecule has 0 spiro atoms. The molecule has 2 atom stereocenters. The van der Waals surface area contributed by atoms with Gasteiger partial charge in [0.2, 0.25) is 0 Å². The Bertz CT molecular complexity index is 930. The summed E-state index contributed by atoms with van der Waals surface area (Å²) < 4.78 is 1.09. The predicted octanol–water partition coefficient (Wildman–Crippen LogP) is 6.41. The van der Waals surface area contributed by atoms with Crippen molar-refractivity contribution in [1.82, 2.24) is 0 Å². The van der Waals surface area contributed by atoms with E-state index in [-0.39, 0.29) is 12.2 Å². The van der Waals surface area contributed by atoms with Crippen molar-refractivity contribution in [1.29, 1.82) is 0 Å². The van der Waals surface area contributed by atoms with Crippen LogP contribution < -0.4 is 4.90 Å². The van der Waals surface area contributed by atoms with Gasteiger partial charge in [-0.25, -0.2) is 0 Å². The molecule has 0 saturated carbocycles. The van der Waals surface area contributed by atoms with Crippen LogP contribution in [0.5, 0.6) is 0 Å². The van der Waals surface area contributed by atoms with Crippen molar-refractivity contribution in [3.8, 4) is 0 Å². The van der Waals surface area contributed by atoms with Crippen LogP contribution in [0.25, 0.3) is 0 Å². The number of aliphatic imine (C=N–C) groups is 1. The maximum absolute atomic E-state index is 5.18. The number of anilines is 1. The number of nitrogens with zero attached hydrogens (tertiary/aromatic N) is 2. The van der Waals surface area contributed by atoms with Gasteiger partial charge in [0.1, 0.15) is 6.17 Å². The lowest BCUT2D eigenvalue weighted by molar-refractivity contribution is 0.675. The van der Waals surface area contributed by atoms with Crippen LogP contribution in [0.1, 0.15) is 36.7 Å². The molecule has 2 nitrogen and oxygen atoms in total. The monoisotopic (exact) mass is 418 g/mol. The van der Waals surface area contributed by atoms with Gasteiger partial charge >= 0.3 is 0 Å². The van der Waals surface area contributed by atoms with Crippen molar-refractivity contribution in [2.24, 2.45) is 4.99 Å². The summed E-state index contributed by atoms with van der Waals surface area (Å²) in [6.07, 6.45) is 1.04. The number of aryl methyl sites for hydroxylation is 1. The molecule has 4 rings (SSSR count). The third-order valence-corrected chi connectivity index (χ3v) is 5.75. The Labute approximate surface area is 169 Å². The Kier molecular flexibility index (Phi) is 5.13. The topological polar surface area (TPSA) is 15.6 Å². The maximum Gasteiger partial charge on any atom is 0.148 e. The molecule has 0 radical (unpaired) electrons. The van der Waals surface area contributed by atoms with Gasteiger partial charge in [-0.2, -0.15) is 0 Å². The summed E-state index contributed by atoms with van der Waals surface area (Å²) in [7, 11) is 0. The normalized spacial score (nSPS) is 19.2. The summed E-state index contributed by atoms with van der Waals surface area (Å²) in [4.78, 5) is 7.59. The highest BCUT2D eigenvalue weighted by Crippen LogP contribution is 2.37. The fourth-order valence-electron chi connectivity index (χ4n) is 3.71. The number of hydrogen-bond acceptors (Lipinski definition) is 2. The molecule has 1 aliphatic heterocycles. The number of hydrogen-bond donors (Lipinski definition) is 0. The Hall–Kier alpha value is -2.39. The molecule has 1 heterocycles. The minimum absolute atomic E-state index is 0.0118. The van der Waals surface area contributed by atoms with E-state index < -0.39 is 0 Å². The highest BCUT2D eigenvalue weighted by molar-refractivity contribution is 9.10. The zero-order valence-corrected chi connectivity index (χ0v) is 17.2. The lowest BCUT2D eigenvalue weighted by atomic mass is 10.0. The fraction of sp³-hybridized carbons (Fsp3) is 0.208. The van der Waals surface area contributed by atoms with Gasteiger partial charge in [-0.1, -0.05) is 77.5 Å². The molecule has 0 fully saturated rings. The van der Waals surface area contributed by atoms with Gasteiger partial charge in [-0.3, -0.25) is 4.99 Å². The van der Waals surface area contributed by atoms with Gasteiger partial charge in [0, 0.05) is 10.2 Å². The van der Waals surface area contributed by atoms with E-state index in [1.54, 1.807) is 0 Å². The molecule has 0 saturated heterocycles. The summed E-state index contributed by atoms with van der Waals surface area (Å²) in [6, 6.07) is 28.1. The van der Waals surface area contributed by atoms with E-state index in [0.717, 1.165) is 16.6 Å². The van der Waals surface area contributed by atoms with Crippen molar-refractivity contribution >= 4 is 27.3 Å². The van der Waals surface area contributed by atoms with E-state index >= 15 is 0 Å². The van der Waals surface area contributed by atoms with Crippen LogP contribution in [-0.4, -0.2) is 11.8 Å². The molecule has 0 aliphatic carbocycles. The third kappa shape index (κ3) is 3.57. The molecular weight excluding hydrogens is 396 g/mol. The van der Waals surface area contributed by atoms with E-state index in [2.05, 4.69) is 114 Å². The Balaban J connectivity index is 1.78. The first kappa shape index (κ1) is 18.0. The molecule has 0 amide bonds. The molecule has 27 heavy (non-hydrogen) atoms. The van der Waals surface area contributed by atoms with Crippen LogP contribution in [0.15, 0.2) is 88.3 Å². The van der Waals surface area contributed by atoms with Gasteiger partial charge in [0.15, 0.2) is 0 Å². The van der Waals surface area contributed by atoms with Crippen LogP contribution in [-0.2, 0) is 6.42 Å². The van der Waals surface area contributed by atoms with Crippen LogP contribution in [0.4, 0.5) is 5.69 Å². The quantitative estimate of drug-likeness (QED) is 0.477. The Morgan fingerprint density at radius 2 is 1.56 bits per heavy atom. The molecule has 3 heteroatoms. The molecule has 3 aromatic rings. The fourth-order valence-corrected chi connectivity index (χ4v) is 3.97. The van der Waals surface area contributed by atoms with Crippen LogP contribution in [0.3, 0.4) is 0 Å². The molecule has 3 aromatic carbocycles. The smallest absolute Gasteiger partial charge is 0.148 e. The minimum Gasteiger partial charge on any atom is -0.337 e. The molecule has 0 aromatic heterocycles. The average Bonchev–Trinajstić information content (AvgIpc) is 3.06. The summed E-state index contributed by atoms with van der Waals surface area (Å²) in [5.74, 6) is 0. The second-order valence-electron chi connectivity index (χ2n) is 6.91. The zero-order valence-electron chi connectivity index (χ0n) is 15.6. The first-order valence-electron chi connectivity index (χ1n) is 9.43. The Morgan fingerprint density at radius 1 is 0.889 bits per heavy atom. The zero-order chi connectivity index (χ0) is 18.8. The van der Waals surface area contributed by atoms with Crippen molar-refractivity contribution in [3.63, 3.8) is 0 Å². The lowest BCUT2D eigenvalue weighted by Crippen LogP contribution is -2.35.